The van der Waals surface area contributed by atoms with Crippen molar-refractivity contribution in [1.82, 2.24) is 15.1 Å². The number of nitrogens with zero attached hydrogens (tertiary/aromatic N) is 2. The smallest absolute Gasteiger partial charge is 0.227 e. The van der Waals surface area contributed by atoms with Gasteiger partial charge in [0.25, 0.3) is 0 Å². The van der Waals surface area contributed by atoms with E-state index in [1.807, 2.05) is 18.7 Å². The van der Waals surface area contributed by atoms with Crippen LogP contribution in [0.15, 0.2) is 0 Å². The molecule has 2 rings (SSSR count). The molecule has 0 saturated carbocycles. The lowest BCUT2D eigenvalue weighted by atomic mass is 10.1. The summed E-state index contributed by atoms with van der Waals surface area (Å²) in [4.78, 5) is 14.5. The van der Waals surface area contributed by atoms with E-state index < -0.39 is 0 Å². The van der Waals surface area contributed by atoms with Crippen molar-refractivity contribution in [3.63, 3.8) is 0 Å². The Kier molecular flexibility index (Phi) is 4.81. The van der Waals surface area contributed by atoms with Crippen LogP contribution in [0.25, 0.3) is 0 Å². The van der Waals surface area contributed by atoms with Crippen molar-refractivity contribution in [2.75, 3.05) is 19.7 Å². The molecule has 0 aromatic carbocycles. The zero-order chi connectivity index (χ0) is 14.7. The Morgan fingerprint density at radius 3 is 2.85 bits per heavy atom. The molecular formula is C15H25N3O2. The predicted molar refractivity (Wildman–Crippen MR) is 77.5 cm³/mol. The largest absolute Gasteiger partial charge is 0.376 e. The van der Waals surface area contributed by atoms with Crippen LogP contribution in [0, 0.1) is 19.8 Å². The molecule has 0 radical (unpaired) electrons. The molecule has 112 valence electrons. The van der Waals surface area contributed by atoms with E-state index in [1.54, 1.807) is 0 Å². The van der Waals surface area contributed by atoms with Gasteiger partial charge in [0.15, 0.2) is 0 Å². The normalized spacial score (nSPS) is 20.2. The van der Waals surface area contributed by atoms with Gasteiger partial charge in [-0.15, -0.1) is 0 Å². The van der Waals surface area contributed by atoms with Gasteiger partial charge < -0.3 is 9.64 Å². The number of hydrogen-bond donors (Lipinski definition) is 1. The van der Waals surface area contributed by atoms with Gasteiger partial charge in [-0.3, -0.25) is 9.89 Å². The van der Waals surface area contributed by atoms with Crippen LogP contribution in [0.1, 0.15) is 37.2 Å². The topological polar surface area (TPSA) is 58.2 Å². The number of hydrogen-bond acceptors (Lipinski definition) is 3. The van der Waals surface area contributed by atoms with Crippen molar-refractivity contribution in [2.24, 2.45) is 5.92 Å². The Morgan fingerprint density at radius 2 is 2.25 bits per heavy atom. The maximum Gasteiger partial charge on any atom is 0.227 e. The summed E-state index contributed by atoms with van der Waals surface area (Å²) in [6.45, 7) is 10.4. The highest BCUT2D eigenvalue weighted by Gasteiger charge is 2.25. The van der Waals surface area contributed by atoms with Crippen molar-refractivity contribution in [1.29, 1.82) is 0 Å². The molecule has 0 bridgehead atoms. The number of amides is 1. The fourth-order valence-corrected chi connectivity index (χ4v) is 2.58. The molecule has 1 aromatic heterocycles. The average molecular weight is 279 g/mol. The number of rotatable bonds is 3. The molecule has 1 aliphatic heterocycles. The van der Waals surface area contributed by atoms with E-state index in [9.17, 15) is 4.79 Å². The number of carbonyl (C=O) groups is 1. The highest BCUT2D eigenvalue weighted by Crippen LogP contribution is 2.16. The number of nitrogens with one attached hydrogen (secondary N) is 1. The van der Waals surface area contributed by atoms with E-state index in [0.717, 1.165) is 36.5 Å². The summed E-state index contributed by atoms with van der Waals surface area (Å²) in [5.41, 5.74) is 2.94. The van der Waals surface area contributed by atoms with Gasteiger partial charge in [0.05, 0.1) is 18.2 Å². The number of ether oxygens (including phenoxy) is 1. The quantitative estimate of drug-likeness (QED) is 0.918. The Hall–Kier alpha value is -1.36. The van der Waals surface area contributed by atoms with Crippen LogP contribution >= 0.6 is 0 Å². The molecule has 1 atom stereocenters. The molecule has 20 heavy (non-hydrogen) atoms. The highest BCUT2D eigenvalue weighted by atomic mass is 16.5. The molecular weight excluding hydrogens is 254 g/mol. The van der Waals surface area contributed by atoms with E-state index in [2.05, 4.69) is 24.0 Å². The maximum absolute atomic E-state index is 12.5. The Balaban J connectivity index is 2.04. The summed E-state index contributed by atoms with van der Waals surface area (Å²) >= 11 is 0. The number of aryl methyl sites for hydroxylation is 2. The van der Waals surface area contributed by atoms with Gasteiger partial charge in [-0.25, -0.2) is 0 Å². The fraction of sp³-hybridized carbons (Fsp3) is 0.733. The first-order valence-corrected chi connectivity index (χ1v) is 7.39. The van der Waals surface area contributed by atoms with Crippen molar-refractivity contribution < 1.29 is 9.53 Å². The molecule has 1 amide bonds. The second kappa shape index (κ2) is 6.39. The van der Waals surface area contributed by atoms with Gasteiger partial charge in [-0.1, -0.05) is 13.8 Å². The first-order chi connectivity index (χ1) is 9.49. The first-order valence-electron chi connectivity index (χ1n) is 7.39. The van der Waals surface area contributed by atoms with Gasteiger partial charge in [-0.05, 0) is 26.2 Å². The first kappa shape index (κ1) is 15.0. The molecule has 1 saturated heterocycles. The third-order valence-corrected chi connectivity index (χ3v) is 4.01. The molecule has 0 aliphatic carbocycles. The summed E-state index contributed by atoms with van der Waals surface area (Å²) in [6.07, 6.45) is 1.49. The molecule has 1 aliphatic rings. The van der Waals surface area contributed by atoms with E-state index >= 15 is 0 Å². The molecule has 5 heteroatoms. The molecule has 1 unspecified atom stereocenters. The minimum absolute atomic E-state index is 0.146. The van der Waals surface area contributed by atoms with Crippen molar-refractivity contribution >= 4 is 5.91 Å². The van der Waals surface area contributed by atoms with E-state index in [0.29, 0.717) is 18.9 Å². The SMILES string of the molecule is Cc1n[nH]c(C)c1CC(=O)N1CCCOC(C(C)C)C1. The third-order valence-electron chi connectivity index (χ3n) is 4.01. The van der Waals surface area contributed by atoms with Crippen LogP contribution < -0.4 is 0 Å². The minimum Gasteiger partial charge on any atom is -0.376 e. The summed E-state index contributed by atoms with van der Waals surface area (Å²) in [7, 11) is 0. The van der Waals surface area contributed by atoms with Crippen LogP contribution in [-0.4, -0.2) is 46.8 Å². The zero-order valence-corrected chi connectivity index (χ0v) is 12.9. The number of carbonyl (C=O) groups excluding carboxylic acids is 1. The van der Waals surface area contributed by atoms with Gasteiger partial charge in [0, 0.05) is 31.0 Å². The lowest BCUT2D eigenvalue weighted by Crippen LogP contribution is -2.39. The molecule has 1 N–H and O–H groups in total. The second-order valence-electron chi connectivity index (χ2n) is 5.94. The number of aromatic nitrogens is 2. The summed E-state index contributed by atoms with van der Waals surface area (Å²) in [5, 5.41) is 7.09. The Bertz CT molecular complexity index is 448. The maximum atomic E-state index is 12.5. The summed E-state index contributed by atoms with van der Waals surface area (Å²) in [6, 6.07) is 0. The third kappa shape index (κ3) is 3.39. The van der Waals surface area contributed by atoms with Gasteiger partial charge in [0.2, 0.25) is 5.91 Å². The van der Waals surface area contributed by atoms with Crippen LogP contribution in [-0.2, 0) is 16.0 Å². The molecule has 2 heterocycles. The monoisotopic (exact) mass is 279 g/mol. The molecule has 1 aromatic rings. The van der Waals surface area contributed by atoms with E-state index in [4.69, 9.17) is 4.74 Å². The lowest BCUT2D eigenvalue weighted by molar-refractivity contribution is -0.131. The van der Waals surface area contributed by atoms with Crippen molar-refractivity contribution in [3.05, 3.63) is 17.0 Å². The summed E-state index contributed by atoms with van der Waals surface area (Å²) < 4.78 is 5.82. The van der Waals surface area contributed by atoms with E-state index in [1.165, 1.54) is 0 Å². The molecule has 1 fully saturated rings. The predicted octanol–water partition coefficient (Wildman–Crippen LogP) is 1.84. The molecule has 5 nitrogen and oxygen atoms in total. The van der Waals surface area contributed by atoms with Gasteiger partial charge >= 0.3 is 0 Å². The fourth-order valence-electron chi connectivity index (χ4n) is 2.58. The van der Waals surface area contributed by atoms with Crippen LogP contribution in [0.5, 0.6) is 0 Å². The van der Waals surface area contributed by atoms with E-state index in [-0.39, 0.29) is 12.0 Å². The Labute approximate surface area is 120 Å². The van der Waals surface area contributed by atoms with Crippen LogP contribution in [0.4, 0.5) is 0 Å². The standard InChI is InChI=1S/C15H25N3O2/c1-10(2)14-9-18(6-5-7-20-14)15(19)8-13-11(3)16-17-12(13)4/h10,14H,5-9H2,1-4H3,(H,16,17). The minimum atomic E-state index is 0.146. The second-order valence-corrected chi connectivity index (χ2v) is 5.94. The highest BCUT2D eigenvalue weighted by molar-refractivity contribution is 5.79. The van der Waals surface area contributed by atoms with Gasteiger partial charge in [-0.2, -0.15) is 5.10 Å². The van der Waals surface area contributed by atoms with Crippen molar-refractivity contribution in [3.8, 4) is 0 Å². The average Bonchev–Trinajstić information content (AvgIpc) is 2.64. The number of aromatic amines is 1. The summed E-state index contributed by atoms with van der Waals surface area (Å²) in [5.74, 6) is 0.606. The zero-order valence-electron chi connectivity index (χ0n) is 12.9. The van der Waals surface area contributed by atoms with Crippen LogP contribution in [0.3, 0.4) is 0 Å². The Morgan fingerprint density at radius 1 is 1.50 bits per heavy atom. The van der Waals surface area contributed by atoms with Gasteiger partial charge in [0.1, 0.15) is 0 Å². The van der Waals surface area contributed by atoms with Crippen LogP contribution in [0.2, 0.25) is 0 Å². The molecule has 0 spiro atoms. The van der Waals surface area contributed by atoms with Crippen molar-refractivity contribution in [2.45, 2.75) is 46.6 Å². The number of H-pyrrole nitrogens is 1. The lowest BCUT2D eigenvalue weighted by Gasteiger charge is -2.26.